The van der Waals surface area contributed by atoms with Crippen LogP contribution in [0.5, 0.6) is 5.88 Å². The molecule has 2 heterocycles. The van der Waals surface area contributed by atoms with Crippen molar-refractivity contribution in [1.82, 2.24) is 5.16 Å². The number of ether oxygens (including phenoxy) is 3. The molecular weight excluding hydrogens is 506 g/mol. The van der Waals surface area contributed by atoms with E-state index in [1.54, 1.807) is 18.2 Å². The van der Waals surface area contributed by atoms with Gasteiger partial charge in [0.25, 0.3) is 5.88 Å². The van der Waals surface area contributed by atoms with Gasteiger partial charge in [-0.1, -0.05) is 44.5 Å². The van der Waals surface area contributed by atoms with Crippen LogP contribution >= 0.6 is 11.6 Å². The predicted octanol–water partition coefficient (Wildman–Crippen LogP) is 5.29. The summed E-state index contributed by atoms with van der Waals surface area (Å²) in [6.45, 7) is 12.8. The molecule has 2 aromatic rings. The summed E-state index contributed by atoms with van der Waals surface area (Å²) in [5.41, 5.74) is -0.261. The minimum Gasteiger partial charge on any atom is -0.464 e. The number of nitrogens with zero attached hydrogens (tertiary/aromatic N) is 1. The number of hydrogen-bond donors (Lipinski definition) is 2. The van der Waals surface area contributed by atoms with E-state index in [2.05, 4.69) is 38.1 Å². The Bertz CT molecular complexity index is 1390. The predicted molar refractivity (Wildman–Crippen MR) is 142 cm³/mol. The summed E-state index contributed by atoms with van der Waals surface area (Å²) in [4.78, 5) is 0. The summed E-state index contributed by atoms with van der Waals surface area (Å²) < 4.78 is 24.8. The molecule has 1 spiro atoms. The number of rotatable bonds is 2. The highest BCUT2D eigenvalue weighted by Crippen LogP contribution is 2.73. The van der Waals surface area contributed by atoms with Gasteiger partial charge >= 0.3 is 0 Å². The van der Waals surface area contributed by atoms with Gasteiger partial charge in [0, 0.05) is 10.9 Å². The molecule has 9 unspecified atom stereocenters. The molecule has 7 nitrogen and oxygen atoms in total. The van der Waals surface area contributed by atoms with E-state index < -0.39 is 35.1 Å². The van der Waals surface area contributed by atoms with Gasteiger partial charge in [-0.15, -0.1) is 0 Å². The normalized spacial score (nSPS) is 44.2. The molecule has 3 fully saturated rings. The van der Waals surface area contributed by atoms with Crippen LogP contribution in [0.1, 0.15) is 48.0 Å². The maximum atomic E-state index is 13.2. The smallest absolute Gasteiger partial charge is 0.262 e. The lowest BCUT2D eigenvalue weighted by Crippen LogP contribution is -2.69. The van der Waals surface area contributed by atoms with Crippen molar-refractivity contribution in [3.05, 3.63) is 46.5 Å². The SMILES string of the molecule is CC1=CC23C(C)CC4C(C(C=C5COC(C)(C)OC5C2(O)C1Oc1noc2ccc(Cl)cc12)C3O)C4(C)C. The van der Waals surface area contributed by atoms with Crippen molar-refractivity contribution in [2.45, 2.75) is 77.7 Å². The number of aliphatic hydroxyl groups is 2. The van der Waals surface area contributed by atoms with Crippen molar-refractivity contribution in [3.8, 4) is 5.88 Å². The molecular formula is C30H36ClNO6. The van der Waals surface area contributed by atoms with E-state index in [-0.39, 0.29) is 23.1 Å². The minimum absolute atomic E-state index is 0.0314. The number of hydrogen-bond acceptors (Lipinski definition) is 7. The second kappa shape index (κ2) is 7.64. The highest BCUT2D eigenvalue weighted by Gasteiger charge is 2.77. The van der Waals surface area contributed by atoms with Crippen molar-refractivity contribution in [2.75, 3.05) is 6.61 Å². The van der Waals surface area contributed by atoms with Crippen molar-refractivity contribution >= 4 is 22.6 Å². The van der Waals surface area contributed by atoms with Gasteiger partial charge in [0.2, 0.25) is 0 Å². The van der Waals surface area contributed by atoms with E-state index in [0.29, 0.717) is 34.4 Å². The Kier molecular flexibility index (Phi) is 5.04. The minimum atomic E-state index is -1.62. The fourth-order valence-electron chi connectivity index (χ4n) is 8.69. The number of aliphatic hydroxyl groups excluding tert-OH is 1. The third-order valence-electron chi connectivity index (χ3n) is 10.6. The standard InChI is InChI=1S/C30H36ClNO6/c1-14-12-29-15(2)9-20-22(27(20,3)4)19(23(29)33)10-16-13-35-28(5,6)37-25(16)30(29,34)24(14)36-26-18-11-17(31)7-8-21(18)38-32-26/h7-8,10-12,15,19-20,22-25,33-34H,9,13H2,1-6H3. The van der Waals surface area contributed by atoms with E-state index in [1.807, 2.05) is 20.8 Å². The molecule has 1 aromatic heterocycles. The molecule has 2 bridgehead atoms. The van der Waals surface area contributed by atoms with Crippen LogP contribution in [0.15, 0.2) is 46.0 Å². The fraction of sp³-hybridized carbons (Fsp3) is 0.633. The molecule has 1 aliphatic heterocycles. The molecule has 8 heteroatoms. The lowest BCUT2D eigenvalue weighted by atomic mass is 9.58. The van der Waals surface area contributed by atoms with Gasteiger partial charge in [-0.3, -0.25) is 0 Å². The van der Waals surface area contributed by atoms with Gasteiger partial charge in [-0.25, -0.2) is 0 Å². The quantitative estimate of drug-likeness (QED) is 0.499. The Morgan fingerprint density at radius 3 is 2.71 bits per heavy atom. The molecule has 7 rings (SSSR count). The second-order valence-electron chi connectivity index (χ2n) is 13.3. The van der Waals surface area contributed by atoms with E-state index in [0.717, 1.165) is 17.6 Å². The van der Waals surface area contributed by atoms with Crippen LogP contribution in [0.25, 0.3) is 11.0 Å². The summed E-state index contributed by atoms with van der Waals surface area (Å²) >= 11 is 6.28. The first-order valence-electron chi connectivity index (χ1n) is 13.6. The van der Waals surface area contributed by atoms with Crippen LogP contribution in [0, 0.1) is 34.5 Å². The summed E-state index contributed by atoms with van der Waals surface area (Å²) in [5.74, 6) is -0.0435. The van der Waals surface area contributed by atoms with Crippen LogP contribution in [0.4, 0.5) is 0 Å². The largest absolute Gasteiger partial charge is 0.464 e. The number of fused-ring (bicyclic) bond motifs is 6. The first-order chi connectivity index (χ1) is 17.8. The molecule has 1 saturated heterocycles. The highest BCUT2D eigenvalue weighted by molar-refractivity contribution is 6.31. The number of aromatic nitrogens is 1. The molecule has 4 aliphatic carbocycles. The summed E-state index contributed by atoms with van der Waals surface area (Å²) in [5, 5.41) is 31.0. The fourth-order valence-corrected chi connectivity index (χ4v) is 8.87. The van der Waals surface area contributed by atoms with E-state index in [4.69, 9.17) is 30.3 Å². The zero-order valence-electron chi connectivity index (χ0n) is 22.7. The molecule has 9 atom stereocenters. The molecule has 0 amide bonds. The first kappa shape index (κ1) is 25.1. The van der Waals surface area contributed by atoms with Crippen molar-refractivity contribution < 1.29 is 28.9 Å². The van der Waals surface area contributed by atoms with E-state index in [1.165, 1.54) is 0 Å². The summed E-state index contributed by atoms with van der Waals surface area (Å²) in [6.07, 6.45) is 2.73. The summed E-state index contributed by atoms with van der Waals surface area (Å²) in [7, 11) is 0. The average molecular weight is 542 g/mol. The zero-order chi connectivity index (χ0) is 27.0. The first-order valence-corrected chi connectivity index (χ1v) is 14.0. The zero-order valence-corrected chi connectivity index (χ0v) is 23.5. The molecule has 2 N–H and O–H groups in total. The van der Waals surface area contributed by atoms with Gasteiger partial charge in [-0.05, 0) is 84.9 Å². The Morgan fingerprint density at radius 2 is 1.95 bits per heavy atom. The van der Waals surface area contributed by atoms with Gasteiger partial charge in [0.05, 0.1) is 23.5 Å². The lowest BCUT2D eigenvalue weighted by Gasteiger charge is -2.55. The average Bonchev–Trinajstić information content (AvgIpc) is 3.12. The molecule has 5 aliphatic rings. The topological polar surface area (TPSA) is 94.2 Å². The van der Waals surface area contributed by atoms with Gasteiger partial charge in [0.15, 0.2) is 17.5 Å². The van der Waals surface area contributed by atoms with Crippen LogP contribution in [-0.2, 0) is 9.47 Å². The van der Waals surface area contributed by atoms with Crippen molar-refractivity contribution in [3.63, 3.8) is 0 Å². The Balaban J connectivity index is 1.42. The number of halogens is 1. The van der Waals surface area contributed by atoms with Gasteiger partial charge in [0.1, 0.15) is 11.7 Å². The van der Waals surface area contributed by atoms with E-state index >= 15 is 0 Å². The monoisotopic (exact) mass is 541 g/mol. The Labute approximate surface area is 227 Å². The van der Waals surface area contributed by atoms with Crippen LogP contribution in [-0.4, -0.2) is 51.7 Å². The van der Waals surface area contributed by atoms with Crippen molar-refractivity contribution in [2.24, 2.45) is 34.5 Å². The van der Waals surface area contributed by atoms with Gasteiger partial charge in [-0.2, -0.15) is 0 Å². The van der Waals surface area contributed by atoms with E-state index in [9.17, 15) is 10.2 Å². The van der Waals surface area contributed by atoms with Crippen LogP contribution in [0.2, 0.25) is 5.02 Å². The summed E-state index contributed by atoms with van der Waals surface area (Å²) in [6, 6.07) is 5.23. The lowest BCUT2D eigenvalue weighted by molar-refractivity contribution is -0.310. The van der Waals surface area contributed by atoms with Crippen LogP contribution in [0.3, 0.4) is 0 Å². The molecule has 2 saturated carbocycles. The van der Waals surface area contributed by atoms with Gasteiger partial charge < -0.3 is 28.9 Å². The molecule has 1 aromatic carbocycles. The Morgan fingerprint density at radius 1 is 1.18 bits per heavy atom. The maximum Gasteiger partial charge on any atom is 0.262 e. The highest BCUT2D eigenvalue weighted by atomic mass is 35.5. The molecule has 38 heavy (non-hydrogen) atoms. The van der Waals surface area contributed by atoms with Crippen molar-refractivity contribution in [1.29, 1.82) is 0 Å². The molecule has 204 valence electrons. The second-order valence-corrected chi connectivity index (χ2v) is 13.7. The number of benzene rings is 1. The third-order valence-corrected chi connectivity index (χ3v) is 10.8. The maximum absolute atomic E-state index is 13.2. The third kappa shape index (κ3) is 3.03. The van der Waals surface area contributed by atoms with Crippen LogP contribution < -0.4 is 4.74 Å². The Hall–Kier alpha value is -1.90. The molecule has 0 radical (unpaired) electrons.